The Hall–Kier alpha value is -6.16. The van der Waals surface area contributed by atoms with Crippen LogP contribution in [0.1, 0.15) is 133 Å². The van der Waals surface area contributed by atoms with Crippen LogP contribution in [0.2, 0.25) is 0 Å². The highest BCUT2D eigenvalue weighted by Crippen LogP contribution is 2.27. The average Bonchev–Trinajstić information content (AvgIpc) is 4.13. The minimum Gasteiger partial charge on any atom is -0.497 e. The smallest absolute Gasteiger partial charge is 0.329 e. The Balaban J connectivity index is 1.89. The van der Waals surface area contributed by atoms with Crippen LogP contribution in [0.5, 0.6) is 5.75 Å². The van der Waals surface area contributed by atoms with E-state index in [4.69, 9.17) is 14.2 Å². The molecule has 0 radical (unpaired) electrons. The minimum absolute atomic E-state index is 0.0720. The molecule has 0 bridgehead atoms. The monoisotopic (exact) mass is 1110 g/mol. The quantitative estimate of drug-likeness (QED) is 0.124. The van der Waals surface area contributed by atoms with Crippen molar-refractivity contribution < 1.29 is 72.4 Å². The number of aliphatic hydroxyl groups excluding tert-OH is 2. The molecular formula is C57H89N7O15. The number of aliphatic hydroxyl groups is 2. The maximum atomic E-state index is 15.0. The number of benzene rings is 1. The van der Waals surface area contributed by atoms with Gasteiger partial charge in [-0.15, -0.1) is 0 Å². The van der Waals surface area contributed by atoms with Crippen LogP contribution in [-0.2, 0) is 63.8 Å². The lowest BCUT2D eigenvalue weighted by Gasteiger charge is -2.36. The van der Waals surface area contributed by atoms with Crippen LogP contribution >= 0.6 is 0 Å². The van der Waals surface area contributed by atoms with Gasteiger partial charge in [0.2, 0.25) is 35.4 Å². The van der Waals surface area contributed by atoms with E-state index in [9.17, 15) is 53.4 Å². The van der Waals surface area contributed by atoms with Crippen molar-refractivity contribution in [3.8, 4) is 5.75 Å². The Kier molecular flexibility index (Phi) is 24.3. The Bertz CT molecular complexity index is 2330. The molecule has 4 rings (SSSR count). The fourth-order valence-corrected chi connectivity index (χ4v) is 10.5. The van der Waals surface area contributed by atoms with Crippen molar-refractivity contribution in [3.05, 3.63) is 29.8 Å². The normalized spacial score (nSPS) is 27.7. The van der Waals surface area contributed by atoms with E-state index in [1.165, 1.54) is 61.6 Å². The molecule has 1 aromatic rings. The highest BCUT2D eigenvalue weighted by molar-refractivity contribution is 6.05. The first-order chi connectivity index (χ1) is 37.0. The maximum Gasteiger partial charge on any atom is 0.329 e. The van der Waals surface area contributed by atoms with Gasteiger partial charge in [-0.25, -0.2) is 4.79 Å². The minimum atomic E-state index is -1.76. The lowest BCUT2D eigenvalue weighted by atomic mass is 9.91. The van der Waals surface area contributed by atoms with Crippen LogP contribution in [0.25, 0.3) is 0 Å². The second-order valence-corrected chi connectivity index (χ2v) is 23.0. The van der Waals surface area contributed by atoms with Crippen LogP contribution in [0.15, 0.2) is 24.3 Å². The molecule has 13 atom stereocenters. The molecule has 79 heavy (non-hydrogen) atoms. The predicted molar refractivity (Wildman–Crippen MR) is 290 cm³/mol. The number of fused-ring (bicyclic) bond motifs is 1. The number of rotatable bonds is 15. The third kappa shape index (κ3) is 16.9. The molecule has 3 aliphatic rings. The molecule has 3 saturated heterocycles. The van der Waals surface area contributed by atoms with Gasteiger partial charge < -0.3 is 60.0 Å². The summed E-state index contributed by atoms with van der Waals surface area (Å²) in [6.07, 6.45) is -4.99. The summed E-state index contributed by atoms with van der Waals surface area (Å²) in [4.78, 5) is 149. The van der Waals surface area contributed by atoms with Crippen LogP contribution in [0.4, 0.5) is 0 Å². The summed E-state index contributed by atoms with van der Waals surface area (Å²) in [5.41, 5.74) is 0.571. The van der Waals surface area contributed by atoms with Crippen molar-refractivity contribution in [2.45, 2.75) is 201 Å². The SMILES string of the molecule is CCC(C)C1NC(=O)C(NC(=O)[C@H](CC(C)C)N(C)C(=O)[C@@H]2CCCN2C(=O)C(C)O)[C@@H](C)OC(=O)[C@H](Cc2ccc(OC)cc2)N(C)C(=O)C2CCCN2C(=O)[C@@H](CC(C)C)NC(=O)C(C)C(=O)[C@H](C(C)C)OC(=O)C[C@H]1O. The fourth-order valence-electron chi connectivity index (χ4n) is 10.5. The molecule has 0 aliphatic carbocycles. The van der Waals surface area contributed by atoms with Gasteiger partial charge in [-0.1, -0.05) is 73.9 Å². The van der Waals surface area contributed by atoms with Crippen LogP contribution in [0.3, 0.4) is 0 Å². The van der Waals surface area contributed by atoms with E-state index in [0.29, 0.717) is 30.6 Å². The van der Waals surface area contributed by atoms with E-state index < -0.39 is 150 Å². The molecule has 0 aromatic heterocycles. The predicted octanol–water partition coefficient (Wildman–Crippen LogP) is 2.32. The number of carbonyl (C=O) groups excluding carboxylic acids is 10. The number of nitrogens with zero attached hydrogens (tertiary/aromatic N) is 4. The number of Topliss-reactive ketones (excluding diaryl/α,β-unsaturated/α-hetero) is 1. The van der Waals surface area contributed by atoms with Gasteiger partial charge in [0.1, 0.15) is 54.2 Å². The second-order valence-electron chi connectivity index (χ2n) is 23.0. The first-order valence-corrected chi connectivity index (χ1v) is 28.0. The van der Waals surface area contributed by atoms with Crippen molar-refractivity contribution >= 4 is 59.1 Å². The molecule has 442 valence electrons. The fraction of sp³-hybridized carbons (Fsp3) is 0.719. The van der Waals surface area contributed by atoms with Crippen molar-refractivity contribution in [1.82, 2.24) is 35.6 Å². The third-order valence-electron chi connectivity index (χ3n) is 15.5. The van der Waals surface area contributed by atoms with Crippen LogP contribution in [0, 0.1) is 29.6 Å². The summed E-state index contributed by atoms with van der Waals surface area (Å²) in [5, 5.41) is 30.2. The number of carbonyl (C=O) groups is 10. The Morgan fingerprint density at radius 1 is 0.861 bits per heavy atom. The summed E-state index contributed by atoms with van der Waals surface area (Å²) < 4.78 is 17.2. The lowest BCUT2D eigenvalue weighted by molar-refractivity contribution is -0.163. The zero-order chi connectivity index (χ0) is 59.3. The topological polar surface area (TPSA) is 288 Å². The average molecular weight is 1110 g/mol. The number of hydrogen-bond donors (Lipinski definition) is 5. The lowest BCUT2D eigenvalue weighted by Crippen LogP contribution is -2.62. The second kappa shape index (κ2) is 29.3. The van der Waals surface area contributed by atoms with Gasteiger partial charge >= 0.3 is 11.9 Å². The summed E-state index contributed by atoms with van der Waals surface area (Å²) >= 11 is 0. The number of cyclic esters (lactones) is 2. The highest BCUT2D eigenvalue weighted by Gasteiger charge is 2.46. The molecule has 6 unspecified atom stereocenters. The molecule has 7 amide bonds. The van der Waals surface area contributed by atoms with E-state index >= 15 is 4.79 Å². The van der Waals surface area contributed by atoms with Crippen molar-refractivity contribution in [2.24, 2.45) is 29.6 Å². The molecule has 3 heterocycles. The Morgan fingerprint density at radius 3 is 2.06 bits per heavy atom. The van der Waals surface area contributed by atoms with E-state index in [-0.39, 0.29) is 57.0 Å². The molecule has 22 nitrogen and oxygen atoms in total. The number of nitrogens with one attached hydrogen (secondary N) is 3. The summed E-state index contributed by atoms with van der Waals surface area (Å²) in [5.74, 6) is -10.3. The van der Waals surface area contributed by atoms with Crippen molar-refractivity contribution in [2.75, 3.05) is 34.3 Å². The van der Waals surface area contributed by atoms with Crippen LogP contribution < -0.4 is 20.7 Å². The molecule has 3 aliphatic heterocycles. The van der Waals surface area contributed by atoms with E-state index in [0.717, 1.165) is 0 Å². The van der Waals surface area contributed by atoms with Crippen molar-refractivity contribution in [1.29, 1.82) is 0 Å². The molecule has 22 heteroatoms. The molecule has 1 aromatic carbocycles. The molecule has 3 fully saturated rings. The number of likely N-dealkylation sites (N-methyl/N-ethyl adjacent to an activating group) is 2. The molecule has 0 spiro atoms. The van der Waals surface area contributed by atoms with Gasteiger partial charge in [-0.3, -0.25) is 43.2 Å². The molecule has 5 N–H and O–H groups in total. The van der Waals surface area contributed by atoms with Gasteiger partial charge in [-0.2, -0.15) is 0 Å². The van der Waals surface area contributed by atoms with Gasteiger partial charge in [-0.05, 0) is 101 Å². The van der Waals surface area contributed by atoms with Gasteiger partial charge in [0.25, 0.3) is 5.91 Å². The number of ketones is 1. The first kappa shape index (κ1) is 65.4. The number of methoxy groups -OCH3 is 1. The van der Waals surface area contributed by atoms with Gasteiger partial charge in [0.05, 0.1) is 31.6 Å². The molecule has 0 saturated carbocycles. The number of ether oxygens (including phenoxy) is 3. The van der Waals surface area contributed by atoms with Gasteiger partial charge in [0, 0.05) is 33.6 Å². The highest BCUT2D eigenvalue weighted by atomic mass is 16.6. The number of amides is 7. The van der Waals surface area contributed by atoms with E-state index in [1.807, 2.05) is 27.7 Å². The zero-order valence-electron chi connectivity index (χ0n) is 48.8. The van der Waals surface area contributed by atoms with Gasteiger partial charge in [0.15, 0.2) is 11.9 Å². The first-order valence-electron chi connectivity index (χ1n) is 28.0. The summed E-state index contributed by atoms with van der Waals surface area (Å²) in [6.45, 7) is 18.4. The standard InChI is InChI=1S/C57H89N7O15/c1-15-33(8)46-44(66)29-45(67)79-49(32(6)7)48(68)34(9)50(69)58-39(26-30(2)3)54(73)64-25-17-19-41(64)56(75)62(13)43(28-37-20-22-38(77-14)23-21-37)57(76)78-36(11)47(52(71)59-46)60-51(70)42(27-31(4)5)61(12)55(74)40-18-16-24-63(40)53(72)35(10)65/h20-23,30-36,39-44,46-47,49,65-66H,15-19,24-29H2,1-14H3,(H,58,69)(H,59,71)(H,60,70)/t33?,34?,35?,36-,39-,40+,41?,42+,43+,44-,46?,47?,49+/m1/s1. The summed E-state index contributed by atoms with van der Waals surface area (Å²) in [6, 6.07) is -2.19. The number of likely N-dealkylation sites (tertiary alicyclic amines) is 1. The van der Waals surface area contributed by atoms with E-state index in [2.05, 4.69) is 16.0 Å². The number of esters is 2. The maximum absolute atomic E-state index is 15.0. The zero-order valence-corrected chi connectivity index (χ0v) is 48.8. The third-order valence-corrected chi connectivity index (χ3v) is 15.5. The largest absolute Gasteiger partial charge is 0.497 e. The number of hydrogen-bond acceptors (Lipinski definition) is 15. The summed E-state index contributed by atoms with van der Waals surface area (Å²) in [7, 11) is 4.29. The Morgan fingerprint density at radius 2 is 1.49 bits per heavy atom. The van der Waals surface area contributed by atoms with E-state index in [1.54, 1.807) is 52.0 Å². The molecular weight excluding hydrogens is 1020 g/mol. The van der Waals surface area contributed by atoms with Crippen molar-refractivity contribution in [3.63, 3.8) is 0 Å². The van der Waals surface area contributed by atoms with Crippen LogP contribution in [-0.4, -0.2) is 190 Å². The Labute approximate surface area is 465 Å².